The van der Waals surface area contributed by atoms with Crippen molar-refractivity contribution >= 4 is 5.97 Å². The van der Waals surface area contributed by atoms with E-state index in [0.29, 0.717) is 18.2 Å². The van der Waals surface area contributed by atoms with Gasteiger partial charge in [0.1, 0.15) is 0 Å². The van der Waals surface area contributed by atoms with Gasteiger partial charge >= 0.3 is 11.7 Å². The molecule has 2 aromatic heterocycles. The van der Waals surface area contributed by atoms with E-state index in [-0.39, 0.29) is 17.7 Å². The fraction of sp³-hybridized carbons (Fsp3) is 0.652. The van der Waals surface area contributed by atoms with Crippen molar-refractivity contribution in [1.29, 1.82) is 0 Å². The fourth-order valence-corrected chi connectivity index (χ4v) is 4.90. The molecule has 2 aromatic rings. The van der Waals surface area contributed by atoms with E-state index in [0.717, 1.165) is 76.0 Å². The zero-order valence-corrected chi connectivity index (χ0v) is 18.6. The van der Waals surface area contributed by atoms with Gasteiger partial charge in [-0.3, -0.25) is 18.9 Å². The maximum atomic E-state index is 13.1. The Morgan fingerprint density at radius 1 is 1.13 bits per heavy atom. The van der Waals surface area contributed by atoms with Crippen LogP contribution >= 0.6 is 0 Å². The van der Waals surface area contributed by atoms with Gasteiger partial charge in [0.25, 0.3) is 0 Å². The molecular weight excluding hydrogens is 394 g/mol. The number of imidazole rings is 1. The van der Waals surface area contributed by atoms with Crippen LogP contribution in [0.15, 0.2) is 23.4 Å². The van der Waals surface area contributed by atoms with Gasteiger partial charge in [0, 0.05) is 50.8 Å². The summed E-state index contributed by atoms with van der Waals surface area (Å²) in [5.74, 6) is 1.00. The van der Waals surface area contributed by atoms with Crippen LogP contribution in [0.2, 0.25) is 0 Å². The van der Waals surface area contributed by atoms with Gasteiger partial charge in [0.15, 0.2) is 5.82 Å². The van der Waals surface area contributed by atoms with Crippen molar-refractivity contribution < 1.29 is 9.53 Å². The van der Waals surface area contributed by atoms with E-state index in [4.69, 9.17) is 9.72 Å². The summed E-state index contributed by atoms with van der Waals surface area (Å²) >= 11 is 0. The highest BCUT2D eigenvalue weighted by molar-refractivity contribution is 5.69. The lowest BCUT2D eigenvalue weighted by molar-refractivity contribution is -0.141. The first-order chi connectivity index (χ1) is 15.1. The first kappa shape index (κ1) is 21.7. The summed E-state index contributed by atoms with van der Waals surface area (Å²) in [6.07, 6.45) is 12.5. The van der Waals surface area contributed by atoms with Gasteiger partial charge in [-0.2, -0.15) is 0 Å². The van der Waals surface area contributed by atoms with Crippen LogP contribution in [0.25, 0.3) is 5.82 Å². The zero-order valence-electron chi connectivity index (χ0n) is 18.6. The second kappa shape index (κ2) is 9.77. The van der Waals surface area contributed by atoms with E-state index in [9.17, 15) is 9.59 Å². The lowest BCUT2D eigenvalue weighted by Gasteiger charge is -2.28. The van der Waals surface area contributed by atoms with Gasteiger partial charge in [0.05, 0.1) is 24.7 Å². The first-order valence-corrected chi connectivity index (χ1v) is 11.5. The highest BCUT2D eigenvalue weighted by atomic mass is 16.5. The summed E-state index contributed by atoms with van der Waals surface area (Å²) in [5, 5.41) is 0. The van der Waals surface area contributed by atoms with Crippen LogP contribution < -0.4 is 5.69 Å². The summed E-state index contributed by atoms with van der Waals surface area (Å²) in [6.45, 7) is 5.21. The summed E-state index contributed by atoms with van der Waals surface area (Å²) in [6, 6.07) is 0.204. The maximum absolute atomic E-state index is 13.1. The minimum absolute atomic E-state index is 0.0453. The molecule has 0 radical (unpaired) electrons. The van der Waals surface area contributed by atoms with Crippen molar-refractivity contribution in [3.05, 3.63) is 40.5 Å². The molecule has 168 valence electrons. The molecule has 0 spiro atoms. The van der Waals surface area contributed by atoms with Crippen molar-refractivity contribution in [3.63, 3.8) is 0 Å². The molecule has 2 aliphatic rings. The lowest BCUT2D eigenvalue weighted by atomic mass is 9.83. The minimum Gasteiger partial charge on any atom is -0.469 e. The van der Waals surface area contributed by atoms with Crippen LogP contribution in [-0.4, -0.2) is 56.7 Å². The number of methoxy groups -OCH3 is 1. The molecule has 1 fully saturated rings. The van der Waals surface area contributed by atoms with E-state index in [1.165, 1.54) is 7.11 Å². The Labute approximate surface area is 183 Å². The Kier molecular flexibility index (Phi) is 6.85. The van der Waals surface area contributed by atoms with E-state index in [2.05, 4.69) is 16.8 Å². The molecule has 8 heteroatoms. The molecule has 1 aliphatic heterocycles. The molecule has 1 aliphatic carbocycles. The Morgan fingerprint density at radius 3 is 2.58 bits per heavy atom. The molecule has 4 rings (SSSR count). The number of aromatic nitrogens is 4. The van der Waals surface area contributed by atoms with Gasteiger partial charge in [-0.15, -0.1) is 0 Å². The molecule has 0 aromatic carbocycles. The molecule has 0 atom stereocenters. The molecule has 0 amide bonds. The third kappa shape index (κ3) is 4.89. The van der Waals surface area contributed by atoms with Crippen molar-refractivity contribution in [3.8, 4) is 5.82 Å². The molecule has 8 nitrogen and oxygen atoms in total. The molecule has 0 bridgehead atoms. The van der Waals surface area contributed by atoms with Crippen molar-refractivity contribution in [1.82, 2.24) is 24.0 Å². The van der Waals surface area contributed by atoms with Gasteiger partial charge in [0.2, 0.25) is 0 Å². The number of fused-ring (bicyclic) bond motifs is 1. The number of rotatable bonds is 6. The highest BCUT2D eigenvalue weighted by Crippen LogP contribution is 2.33. The van der Waals surface area contributed by atoms with Crippen molar-refractivity contribution in [2.24, 2.45) is 5.92 Å². The predicted molar refractivity (Wildman–Crippen MR) is 117 cm³/mol. The summed E-state index contributed by atoms with van der Waals surface area (Å²) in [5.41, 5.74) is 2.02. The van der Waals surface area contributed by atoms with Crippen LogP contribution in [0.3, 0.4) is 0 Å². The maximum Gasteiger partial charge on any atom is 0.334 e. The number of carbonyl (C=O) groups is 1. The summed E-state index contributed by atoms with van der Waals surface area (Å²) in [4.78, 5) is 36.4. The highest BCUT2D eigenvalue weighted by Gasteiger charge is 2.25. The van der Waals surface area contributed by atoms with Crippen LogP contribution in [-0.2, 0) is 22.4 Å². The van der Waals surface area contributed by atoms with E-state index < -0.39 is 0 Å². The second-order valence-electron chi connectivity index (χ2n) is 8.70. The van der Waals surface area contributed by atoms with Crippen molar-refractivity contribution in [2.75, 3.05) is 26.7 Å². The molecule has 1 saturated carbocycles. The van der Waals surface area contributed by atoms with E-state index in [1.807, 2.05) is 17.0 Å². The smallest absolute Gasteiger partial charge is 0.334 e. The van der Waals surface area contributed by atoms with Gasteiger partial charge in [-0.1, -0.05) is 6.92 Å². The topological polar surface area (TPSA) is 82.3 Å². The lowest BCUT2D eigenvalue weighted by Crippen LogP contribution is -2.29. The number of ether oxygens (including phenoxy) is 1. The second-order valence-corrected chi connectivity index (χ2v) is 8.70. The average molecular weight is 428 g/mol. The SMILES string of the molecule is CCN1CCc2ncc(-n3ccn([C@H]4CC[C@H](CCC(=O)OC)CC4)c3=O)nc2CC1. The van der Waals surface area contributed by atoms with Gasteiger partial charge in [-0.25, -0.2) is 9.78 Å². The third-order valence-corrected chi connectivity index (χ3v) is 6.94. The van der Waals surface area contributed by atoms with Crippen LogP contribution in [0.5, 0.6) is 0 Å². The average Bonchev–Trinajstić information content (AvgIpc) is 3.06. The number of carbonyl (C=O) groups excluding carboxylic acids is 1. The van der Waals surface area contributed by atoms with Gasteiger partial charge in [-0.05, 0) is 44.6 Å². The number of esters is 1. The quantitative estimate of drug-likeness (QED) is 0.659. The molecule has 3 heterocycles. The Balaban J connectivity index is 1.43. The summed E-state index contributed by atoms with van der Waals surface area (Å²) in [7, 11) is 1.44. The normalized spacial score (nSPS) is 22.0. The molecule has 0 N–H and O–H groups in total. The van der Waals surface area contributed by atoms with E-state index >= 15 is 0 Å². The summed E-state index contributed by atoms with van der Waals surface area (Å²) < 4.78 is 8.22. The largest absolute Gasteiger partial charge is 0.469 e. The molecule has 0 unspecified atom stereocenters. The fourth-order valence-electron chi connectivity index (χ4n) is 4.90. The molecule has 31 heavy (non-hydrogen) atoms. The monoisotopic (exact) mass is 427 g/mol. The van der Waals surface area contributed by atoms with Crippen LogP contribution in [0, 0.1) is 5.92 Å². The first-order valence-electron chi connectivity index (χ1n) is 11.5. The van der Waals surface area contributed by atoms with Crippen molar-refractivity contribution in [2.45, 2.75) is 64.3 Å². The molecule has 0 saturated heterocycles. The Morgan fingerprint density at radius 2 is 1.87 bits per heavy atom. The number of hydrogen-bond acceptors (Lipinski definition) is 6. The minimum atomic E-state index is -0.139. The predicted octanol–water partition coefficient (Wildman–Crippen LogP) is 2.53. The van der Waals surface area contributed by atoms with Gasteiger partial charge < -0.3 is 9.64 Å². The number of likely N-dealkylation sites (N-methyl/N-ethyl adjacent to an activating group) is 1. The third-order valence-electron chi connectivity index (χ3n) is 6.94. The number of hydrogen-bond donors (Lipinski definition) is 0. The number of nitrogens with zero attached hydrogens (tertiary/aromatic N) is 5. The Hall–Kier alpha value is -2.48. The van der Waals surface area contributed by atoms with E-state index in [1.54, 1.807) is 10.8 Å². The molecular formula is C23H33N5O3. The standard InChI is InChI=1S/C23H33N5O3/c1-3-26-12-10-19-20(11-13-26)25-21(16-24-19)28-15-14-27(23(28)30)18-7-4-17(5-8-18)6-9-22(29)31-2/h14-18H,3-13H2,1-2H3/t17-,18-. The zero-order chi connectivity index (χ0) is 21.8. The Bertz CT molecular complexity index is 958. The van der Waals surface area contributed by atoms with Crippen LogP contribution in [0.4, 0.5) is 0 Å². The van der Waals surface area contributed by atoms with Crippen LogP contribution in [0.1, 0.15) is 62.9 Å².